The summed E-state index contributed by atoms with van der Waals surface area (Å²) in [5.41, 5.74) is -0.175. The van der Waals surface area contributed by atoms with Gasteiger partial charge in [0.15, 0.2) is 5.78 Å². The third-order valence-electron chi connectivity index (χ3n) is 2.06. The lowest BCUT2D eigenvalue weighted by atomic mass is 10.1. The third kappa shape index (κ3) is 4.75. The highest BCUT2D eigenvalue weighted by molar-refractivity contribution is 6.30. The quantitative estimate of drug-likeness (QED) is 0.682. The maximum Gasteiger partial charge on any atom is 0.180 e. The van der Waals surface area contributed by atoms with Crippen molar-refractivity contribution in [3.63, 3.8) is 0 Å². The van der Waals surface area contributed by atoms with E-state index in [4.69, 9.17) is 11.6 Å². The van der Waals surface area contributed by atoms with Crippen molar-refractivity contribution in [3.05, 3.63) is 47.0 Å². The summed E-state index contributed by atoms with van der Waals surface area (Å²) in [5, 5.41) is 6.49. The van der Waals surface area contributed by atoms with E-state index in [9.17, 15) is 13.6 Å². The first-order valence-corrected chi connectivity index (χ1v) is 5.87. The van der Waals surface area contributed by atoms with Crippen molar-refractivity contribution in [2.24, 2.45) is 0 Å². The standard InChI is InChI=1S/C8H5ClF2O.C4H7N3/c9-4-8(12)6-2-1-5(10)3-7(6)11;1-3-5-4(2)7-6-3/h1-3H,4H2;1-2H3,(H,5,6,7). The van der Waals surface area contributed by atoms with Crippen molar-refractivity contribution >= 4 is 17.4 Å². The molecule has 0 spiro atoms. The third-order valence-corrected chi connectivity index (χ3v) is 2.30. The zero-order valence-corrected chi connectivity index (χ0v) is 11.1. The minimum absolute atomic E-state index is 0.175. The largest absolute Gasteiger partial charge is 0.293 e. The molecule has 0 saturated heterocycles. The molecule has 0 fully saturated rings. The fourth-order valence-corrected chi connectivity index (χ4v) is 1.39. The molecular weight excluding hydrogens is 276 g/mol. The van der Waals surface area contributed by atoms with Gasteiger partial charge in [0.2, 0.25) is 0 Å². The van der Waals surface area contributed by atoms with Gasteiger partial charge in [-0.3, -0.25) is 9.89 Å². The summed E-state index contributed by atoms with van der Waals surface area (Å²) >= 11 is 5.19. The second kappa shape index (κ2) is 6.94. The zero-order valence-electron chi connectivity index (χ0n) is 10.4. The summed E-state index contributed by atoms with van der Waals surface area (Å²) in [4.78, 5) is 14.8. The van der Waals surface area contributed by atoms with E-state index < -0.39 is 17.4 Å². The summed E-state index contributed by atoms with van der Waals surface area (Å²) in [6, 6.07) is 2.75. The molecular formula is C12H12ClF2N3O. The van der Waals surface area contributed by atoms with Crippen molar-refractivity contribution in [1.29, 1.82) is 0 Å². The van der Waals surface area contributed by atoms with E-state index >= 15 is 0 Å². The van der Waals surface area contributed by atoms with Crippen LogP contribution >= 0.6 is 11.6 Å². The molecule has 1 heterocycles. The Morgan fingerprint density at radius 3 is 2.42 bits per heavy atom. The number of halogens is 3. The van der Waals surface area contributed by atoms with Crippen LogP contribution in [0, 0.1) is 25.5 Å². The first-order chi connectivity index (χ1) is 8.93. The number of benzene rings is 1. The number of carbonyl (C=O) groups excluding carboxylic acids is 1. The molecule has 0 aliphatic carbocycles. The van der Waals surface area contributed by atoms with Crippen molar-refractivity contribution < 1.29 is 13.6 Å². The highest BCUT2D eigenvalue weighted by Gasteiger charge is 2.10. The van der Waals surface area contributed by atoms with Crippen LogP contribution in [-0.2, 0) is 0 Å². The van der Waals surface area contributed by atoms with Crippen LogP contribution in [0.1, 0.15) is 22.0 Å². The number of Topliss-reactive ketones (excluding diaryl/α,β-unsaturated/α-hetero) is 1. The molecule has 1 aromatic carbocycles. The Labute approximate surface area is 113 Å². The Bertz CT molecular complexity index is 555. The van der Waals surface area contributed by atoms with Crippen LogP contribution in [0.4, 0.5) is 8.78 Å². The minimum atomic E-state index is -0.874. The maximum absolute atomic E-state index is 12.8. The smallest absolute Gasteiger partial charge is 0.180 e. The molecule has 0 radical (unpaired) electrons. The molecule has 0 aliphatic rings. The SMILES string of the molecule is Cc1n[nH]c(C)n1.O=C(CCl)c1ccc(F)cc1F. The highest BCUT2D eigenvalue weighted by atomic mass is 35.5. The Kier molecular flexibility index (Phi) is 5.57. The van der Waals surface area contributed by atoms with Gasteiger partial charge in [0, 0.05) is 6.07 Å². The van der Waals surface area contributed by atoms with Crippen molar-refractivity contribution in [1.82, 2.24) is 15.2 Å². The summed E-state index contributed by atoms with van der Waals surface area (Å²) in [7, 11) is 0. The van der Waals surface area contributed by atoms with E-state index in [1.807, 2.05) is 13.8 Å². The number of hydrogen-bond acceptors (Lipinski definition) is 3. The number of alkyl halides is 1. The predicted octanol–water partition coefficient (Wildman–Crippen LogP) is 2.81. The normalized spacial score (nSPS) is 9.74. The van der Waals surface area contributed by atoms with E-state index in [1.54, 1.807) is 0 Å². The number of hydrogen-bond donors (Lipinski definition) is 1. The van der Waals surface area contributed by atoms with E-state index in [2.05, 4.69) is 15.2 Å². The number of aryl methyl sites for hydroxylation is 2. The van der Waals surface area contributed by atoms with Crippen molar-refractivity contribution in [3.8, 4) is 0 Å². The van der Waals surface area contributed by atoms with Gasteiger partial charge in [0.05, 0.1) is 11.4 Å². The number of carbonyl (C=O) groups is 1. The van der Waals surface area contributed by atoms with Crippen LogP contribution in [0.15, 0.2) is 18.2 Å². The average Bonchev–Trinajstić information content (AvgIpc) is 2.73. The molecule has 2 rings (SSSR count). The lowest BCUT2D eigenvalue weighted by Gasteiger charge is -1.98. The number of aromatic nitrogens is 3. The van der Waals surface area contributed by atoms with Gasteiger partial charge in [-0.1, -0.05) is 0 Å². The number of aromatic amines is 1. The van der Waals surface area contributed by atoms with E-state index in [-0.39, 0.29) is 11.4 Å². The topological polar surface area (TPSA) is 58.6 Å². The number of ketones is 1. The molecule has 0 amide bonds. The Morgan fingerprint density at radius 2 is 2.05 bits per heavy atom. The van der Waals surface area contributed by atoms with Gasteiger partial charge in [-0.15, -0.1) is 11.6 Å². The average molecular weight is 288 g/mol. The van der Waals surface area contributed by atoms with Gasteiger partial charge >= 0.3 is 0 Å². The number of H-pyrrole nitrogens is 1. The summed E-state index contributed by atoms with van der Waals surface area (Å²) < 4.78 is 25.1. The van der Waals surface area contributed by atoms with E-state index in [1.165, 1.54) is 0 Å². The fraction of sp³-hybridized carbons (Fsp3) is 0.250. The molecule has 0 aliphatic heterocycles. The van der Waals surface area contributed by atoms with Gasteiger partial charge in [-0.25, -0.2) is 13.8 Å². The molecule has 102 valence electrons. The number of nitrogens with zero attached hydrogens (tertiary/aromatic N) is 2. The molecule has 0 atom stereocenters. The first-order valence-electron chi connectivity index (χ1n) is 5.34. The van der Waals surface area contributed by atoms with Crippen LogP contribution in [0.3, 0.4) is 0 Å². The van der Waals surface area contributed by atoms with Gasteiger partial charge in [-0.05, 0) is 26.0 Å². The van der Waals surface area contributed by atoms with Gasteiger partial charge in [-0.2, -0.15) is 5.10 Å². The molecule has 7 heteroatoms. The fourth-order valence-electron chi connectivity index (χ4n) is 1.24. The summed E-state index contributed by atoms with van der Waals surface area (Å²) in [6.45, 7) is 3.73. The number of nitrogens with one attached hydrogen (secondary N) is 1. The highest BCUT2D eigenvalue weighted by Crippen LogP contribution is 2.10. The Balaban J connectivity index is 0.000000218. The molecule has 0 saturated carbocycles. The monoisotopic (exact) mass is 287 g/mol. The van der Waals surface area contributed by atoms with Crippen LogP contribution in [0.2, 0.25) is 0 Å². The van der Waals surface area contributed by atoms with Gasteiger partial charge in [0.1, 0.15) is 23.3 Å². The summed E-state index contributed by atoms with van der Waals surface area (Å²) in [6.07, 6.45) is 0. The molecule has 19 heavy (non-hydrogen) atoms. The van der Waals surface area contributed by atoms with Crippen LogP contribution in [0.5, 0.6) is 0 Å². The molecule has 1 N–H and O–H groups in total. The Morgan fingerprint density at radius 1 is 1.37 bits per heavy atom. The summed E-state index contributed by atoms with van der Waals surface area (Å²) in [5.74, 6) is -0.758. The van der Waals surface area contributed by atoms with Gasteiger partial charge < -0.3 is 0 Å². The van der Waals surface area contributed by atoms with Gasteiger partial charge in [0.25, 0.3) is 0 Å². The zero-order chi connectivity index (χ0) is 14.4. The van der Waals surface area contributed by atoms with Crippen LogP contribution in [-0.4, -0.2) is 26.8 Å². The lowest BCUT2D eigenvalue weighted by Crippen LogP contribution is -2.03. The number of rotatable bonds is 2. The lowest BCUT2D eigenvalue weighted by molar-refractivity contribution is 0.101. The molecule has 2 aromatic rings. The van der Waals surface area contributed by atoms with Crippen LogP contribution in [0.25, 0.3) is 0 Å². The van der Waals surface area contributed by atoms with Crippen molar-refractivity contribution in [2.75, 3.05) is 5.88 Å². The molecule has 0 bridgehead atoms. The van der Waals surface area contributed by atoms with Crippen LogP contribution < -0.4 is 0 Å². The Hall–Kier alpha value is -1.82. The molecule has 1 aromatic heterocycles. The molecule has 4 nitrogen and oxygen atoms in total. The predicted molar refractivity (Wildman–Crippen MR) is 67.3 cm³/mol. The second-order valence-corrected chi connectivity index (χ2v) is 3.92. The van der Waals surface area contributed by atoms with E-state index in [0.717, 1.165) is 23.8 Å². The minimum Gasteiger partial charge on any atom is -0.293 e. The molecule has 0 unspecified atom stereocenters. The maximum atomic E-state index is 12.8. The first kappa shape index (κ1) is 15.2. The van der Waals surface area contributed by atoms with Crippen molar-refractivity contribution in [2.45, 2.75) is 13.8 Å². The van der Waals surface area contributed by atoms with E-state index in [0.29, 0.717) is 6.07 Å². The second-order valence-electron chi connectivity index (χ2n) is 3.65.